The van der Waals surface area contributed by atoms with Gasteiger partial charge in [-0.3, -0.25) is 10.4 Å². The van der Waals surface area contributed by atoms with Crippen LogP contribution in [-0.4, -0.2) is 58.2 Å². The van der Waals surface area contributed by atoms with Gasteiger partial charge in [-0.05, 0) is 41.8 Å². The Morgan fingerprint density at radius 3 is 2.58 bits per heavy atom. The molecule has 0 radical (unpaired) electrons. The van der Waals surface area contributed by atoms with Gasteiger partial charge in [0.1, 0.15) is 18.3 Å². The van der Waals surface area contributed by atoms with E-state index in [0.29, 0.717) is 48.3 Å². The summed E-state index contributed by atoms with van der Waals surface area (Å²) in [4.78, 5) is 15.6. The number of aromatic amines is 1. The van der Waals surface area contributed by atoms with Gasteiger partial charge < -0.3 is 19.9 Å². The van der Waals surface area contributed by atoms with Crippen LogP contribution in [0.25, 0.3) is 5.82 Å². The smallest absolute Gasteiger partial charge is 0.349 e. The molecule has 0 spiro atoms. The molecule has 36 heavy (non-hydrogen) atoms. The molecule has 0 aliphatic rings. The first-order valence-corrected chi connectivity index (χ1v) is 11.2. The SMILES string of the molecule is COCCOc1ccc(C(Cc2ccc(C(=N)N)cc2)c2nn(-c3cccnn3)c(=O)[nH]2)cc1OC. The maximum Gasteiger partial charge on any atom is 0.349 e. The monoisotopic (exact) mass is 489 g/mol. The molecule has 0 saturated carbocycles. The number of nitrogens with one attached hydrogen (secondary N) is 2. The molecular weight excluding hydrogens is 462 g/mol. The lowest BCUT2D eigenvalue weighted by Gasteiger charge is -2.18. The van der Waals surface area contributed by atoms with Crippen molar-refractivity contribution in [3.63, 3.8) is 0 Å². The fourth-order valence-electron chi connectivity index (χ4n) is 3.74. The lowest BCUT2D eigenvalue weighted by atomic mass is 9.90. The van der Waals surface area contributed by atoms with Crippen LogP contribution in [0, 0.1) is 5.41 Å². The third-order valence-electron chi connectivity index (χ3n) is 5.58. The summed E-state index contributed by atoms with van der Waals surface area (Å²) in [5.41, 5.74) is 7.64. The van der Waals surface area contributed by atoms with Gasteiger partial charge in [0.2, 0.25) is 0 Å². The summed E-state index contributed by atoms with van der Waals surface area (Å²) in [5.74, 6) is 1.57. The number of H-pyrrole nitrogens is 1. The van der Waals surface area contributed by atoms with Crippen LogP contribution in [-0.2, 0) is 11.2 Å². The van der Waals surface area contributed by atoms with Gasteiger partial charge in [-0.15, -0.1) is 10.2 Å². The number of hydrogen-bond acceptors (Lipinski definition) is 8. The molecule has 4 rings (SSSR count). The van der Waals surface area contributed by atoms with Gasteiger partial charge in [-0.1, -0.05) is 30.3 Å². The number of rotatable bonds is 11. The molecule has 2 aromatic heterocycles. The van der Waals surface area contributed by atoms with Crippen LogP contribution in [0.15, 0.2) is 65.6 Å². The Labute approximate surface area is 207 Å². The summed E-state index contributed by atoms with van der Waals surface area (Å²) in [6.07, 6.45) is 2.04. The molecule has 0 aliphatic heterocycles. The predicted molar refractivity (Wildman–Crippen MR) is 133 cm³/mol. The van der Waals surface area contributed by atoms with Gasteiger partial charge in [0.05, 0.1) is 13.7 Å². The number of benzene rings is 2. The van der Waals surface area contributed by atoms with Crippen molar-refractivity contribution in [2.24, 2.45) is 5.73 Å². The second-order valence-corrected chi connectivity index (χ2v) is 7.93. The Hall–Kier alpha value is -4.51. The minimum absolute atomic E-state index is 0.000980. The molecule has 1 unspecified atom stereocenters. The van der Waals surface area contributed by atoms with Crippen LogP contribution in [0.1, 0.15) is 28.4 Å². The number of nitrogen functional groups attached to an aromatic ring is 1. The van der Waals surface area contributed by atoms with Crippen molar-refractivity contribution >= 4 is 5.84 Å². The van der Waals surface area contributed by atoms with Gasteiger partial charge in [-0.25, -0.2) is 4.79 Å². The highest BCUT2D eigenvalue weighted by atomic mass is 16.5. The molecule has 0 bridgehead atoms. The molecule has 2 heterocycles. The maximum atomic E-state index is 12.8. The van der Waals surface area contributed by atoms with Crippen LogP contribution >= 0.6 is 0 Å². The van der Waals surface area contributed by atoms with E-state index in [1.54, 1.807) is 38.5 Å². The van der Waals surface area contributed by atoms with Crippen LogP contribution < -0.4 is 20.9 Å². The lowest BCUT2D eigenvalue weighted by molar-refractivity contribution is 0.144. The summed E-state index contributed by atoms with van der Waals surface area (Å²) in [7, 11) is 3.18. The van der Waals surface area contributed by atoms with Crippen LogP contribution in [0.5, 0.6) is 11.5 Å². The van der Waals surface area contributed by atoms with Crippen molar-refractivity contribution in [3.8, 4) is 17.3 Å². The van der Waals surface area contributed by atoms with Gasteiger partial charge in [0.15, 0.2) is 17.3 Å². The zero-order valence-corrected chi connectivity index (χ0v) is 20.0. The van der Waals surface area contributed by atoms with Crippen molar-refractivity contribution < 1.29 is 14.2 Å². The molecular formula is C25H27N7O4. The second kappa shape index (κ2) is 11.3. The second-order valence-electron chi connectivity index (χ2n) is 7.93. The van der Waals surface area contributed by atoms with Gasteiger partial charge >= 0.3 is 5.69 Å². The highest BCUT2D eigenvalue weighted by Crippen LogP contribution is 2.34. The molecule has 0 amide bonds. The largest absolute Gasteiger partial charge is 0.493 e. The Morgan fingerprint density at radius 2 is 1.92 bits per heavy atom. The molecule has 0 saturated heterocycles. The van der Waals surface area contributed by atoms with E-state index in [4.69, 9.17) is 25.4 Å². The molecule has 11 heteroatoms. The van der Waals surface area contributed by atoms with E-state index in [0.717, 1.165) is 11.1 Å². The average Bonchev–Trinajstić information content (AvgIpc) is 3.29. The normalized spacial score (nSPS) is 11.7. The topological polar surface area (TPSA) is 154 Å². The van der Waals surface area contributed by atoms with E-state index >= 15 is 0 Å². The molecule has 4 aromatic rings. The third kappa shape index (κ3) is 5.58. The van der Waals surface area contributed by atoms with Gasteiger partial charge in [0, 0.05) is 24.8 Å². The summed E-state index contributed by atoms with van der Waals surface area (Å²) in [6.45, 7) is 0.832. The summed E-state index contributed by atoms with van der Waals surface area (Å²) in [6, 6.07) is 16.4. The summed E-state index contributed by atoms with van der Waals surface area (Å²) in [5, 5.41) is 20.0. The van der Waals surface area contributed by atoms with Crippen LogP contribution in [0.3, 0.4) is 0 Å². The number of hydrogen-bond donors (Lipinski definition) is 3. The highest BCUT2D eigenvalue weighted by Gasteiger charge is 2.23. The molecule has 0 aliphatic carbocycles. The Kier molecular flexibility index (Phi) is 7.71. The van der Waals surface area contributed by atoms with Gasteiger partial charge in [0.25, 0.3) is 0 Å². The van der Waals surface area contributed by atoms with Crippen molar-refractivity contribution in [2.75, 3.05) is 27.4 Å². The van der Waals surface area contributed by atoms with Crippen molar-refractivity contribution in [3.05, 3.63) is 93.8 Å². The highest BCUT2D eigenvalue weighted by molar-refractivity contribution is 5.94. The van der Waals surface area contributed by atoms with Crippen molar-refractivity contribution in [1.82, 2.24) is 25.0 Å². The number of amidine groups is 1. The summed E-state index contributed by atoms with van der Waals surface area (Å²) >= 11 is 0. The average molecular weight is 490 g/mol. The first-order chi connectivity index (χ1) is 17.5. The zero-order chi connectivity index (χ0) is 25.5. The zero-order valence-electron chi connectivity index (χ0n) is 20.0. The van der Waals surface area contributed by atoms with Crippen LogP contribution in [0.4, 0.5) is 0 Å². The van der Waals surface area contributed by atoms with Crippen molar-refractivity contribution in [1.29, 1.82) is 5.41 Å². The third-order valence-corrected chi connectivity index (χ3v) is 5.58. The van der Waals surface area contributed by atoms with E-state index < -0.39 is 5.69 Å². The van der Waals surface area contributed by atoms with E-state index in [1.807, 2.05) is 30.3 Å². The predicted octanol–water partition coefficient (Wildman–Crippen LogP) is 2.04. The number of aromatic nitrogens is 5. The standard InChI is InChI=1S/C25H27N7O4/c1-34-12-13-36-20-10-9-18(15-21(20)35-2)19(14-16-5-7-17(8-6-16)23(26)27)24-29-25(33)32(31-24)22-4-3-11-28-30-22/h3-11,15,19H,12-14H2,1-2H3,(H3,26,27)(H,29,31,33). The molecule has 186 valence electrons. The minimum atomic E-state index is -0.422. The van der Waals surface area contributed by atoms with Crippen LogP contribution in [0.2, 0.25) is 0 Å². The number of methoxy groups -OCH3 is 2. The van der Waals surface area contributed by atoms with E-state index in [-0.39, 0.29) is 11.8 Å². The number of nitrogens with two attached hydrogens (primary N) is 1. The molecule has 1 atom stereocenters. The lowest BCUT2D eigenvalue weighted by Crippen LogP contribution is -2.17. The molecule has 11 nitrogen and oxygen atoms in total. The van der Waals surface area contributed by atoms with E-state index in [2.05, 4.69) is 20.3 Å². The maximum absolute atomic E-state index is 12.8. The molecule has 2 aromatic carbocycles. The quantitative estimate of drug-likeness (QED) is 0.164. The van der Waals surface area contributed by atoms with Gasteiger partial charge in [-0.2, -0.15) is 9.78 Å². The first-order valence-electron chi connectivity index (χ1n) is 11.2. The number of nitrogens with zero attached hydrogens (tertiary/aromatic N) is 4. The minimum Gasteiger partial charge on any atom is -0.493 e. The molecule has 4 N–H and O–H groups in total. The fraction of sp³-hybridized carbons (Fsp3) is 0.240. The van der Waals surface area contributed by atoms with E-state index in [9.17, 15) is 4.79 Å². The van der Waals surface area contributed by atoms with Crippen molar-refractivity contribution in [2.45, 2.75) is 12.3 Å². The number of ether oxygens (including phenoxy) is 3. The summed E-state index contributed by atoms with van der Waals surface area (Å²) < 4.78 is 17.6. The Bertz CT molecular complexity index is 1370. The fourth-order valence-corrected chi connectivity index (χ4v) is 3.74. The molecule has 0 fully saturated rings. The van der Waals surface area contributed by atoms with E-state index in [1.165, 1.54) is 10.9 Å². The Balaban J connectivity index is 1.73. The first kappa shape index (κ1) is 24.6. The Morgan fingerprint density at radius 1 is 1.11 bits per heavy atom.